The summed E-state index contributed by atoms with van der Waals surface area (Å²) < 4.78 is 0. The highest BCUT2D eigenvalue weighted by molar-refractivity contribution is 4.58. The van der Waals surface area contributed by atoms with Crippen molar-refractivity contribution in [1.82, 2.24) is 4.90 Å². The Bertz CT molecular complexity index is 379. The van der Waals surface area contributed by atoms with Gasteiger partial charge in [-0.15, -0.1) is 0 Å². The Morgan fingerprint density at radius 2 is 0.432 bits per heavy atom. The van der Waals surface area contributed by atoms with E-state index in [1.165, 1.54) is 212 Å². The molecule has 0 amide bonds. The Hall–Kier alpha value is -0.0400. The minimum absolute atomic E-state index is 1.25. The third kappa shape index (κ3) is 32.1. The zero-order valence-electron chi connectivity index (χ0n) is 26.8. The maximum absolute atomic E-state index is 2.71. The second kappa shape index (κ2) is 34.0. The van der Waals surface area contributed by atoms with Gasteiger partial charge in [-0.3, -0.25) is 0 Å². The number of rotatable bonds is 33. The quantitative estimate of drug-likeness (QED) is 0.0776. The van der Waals surface area contributed by atoms with Gasteiger partial charge in [-0.05, 0) is 32.5 Å². The fourth-order valence-corrected chi connectivity index (χ4v) is 5.84. The van der Waals surface area contributed by atoms with Gasteiger partial charge < -0.3 is 4.90 Å². The van der Waals surface area contributed by atoms with Gasteiger partial charge in [-0.1, -0.05) is 201 Å². The monoisotopic (exact) mass is 522 g/mol. The number of hydrogen-bond acceptors (Lipinski definition) is 1. The van der Waals surface area contributed by atoms with Crippen LogP contribution in [0.1, 0.15) is 213 Å². The summed E-state index contributed by atoms with van der Waals surface area (Å²) in [6.07, 6.45) is 43.9. The van der Waals surface area contributed by atoms with Crippen molar-refractivity contribution in [3.8, 4) is 0 Å². The predicted octanol–water partition coefficient (Wildman–Crippen LogP) is 13.1. The Kier molecular flexibility index (Phi) is 34.0. The van der Waals surface area contributed by atoms with Crippen molar-refractivity contribution in [2.75, 3.05) is 19.6 Å². The first-order chi connectivity index (χ1) is 18.3. The van der Waals surface area contributed by atoms with E-state index in [1.54, 1.807) is 0 Å². The number of unbranched alkanes of at least 4 members (excludes halogenated alkanes) is 28. The summed E-state index contributed by atoms with van der Waals surface area (Å²) in [6.45, 7) is 10.9. The molecule has 0 atom stereocenters. The van der Waals surface area contributed by atoms with Crippen LogP contribution in [0.3, 0.4) is 0 Å². The van der Waals surface area contributed by atoms with Crippen LogP contribution < -0.4 is 0 Å². The summed E-state index contributed by atoms with van der Waals surface area (Å²) in [5.74, 6) is 0. The molecule has 0 aromatic heterocycles. The van der Waals surface area contributed by atoms with Gasteiger partial charge >= 0.3 is 0 Å². The van der Waals surface area contributed by atoms with Gasteiger partial charge in [-0.25, -0.2) is 0 Å². The maximum atomic E-state index is 2.71. The van der Waals surface area contributed by atoms with E-state index in [4.69, 9.17) is 0 Å². The van der Waals surface area contributed by atoms with Crippen LogP contribution in [0.2, 0.25) is 0 Å². The SMILES string of the molecule is CCCCCCCCCCCCCCCCCCCCN(CC)CCCCCCCCCCCCCC. The molecule has 37 heavy (non-hydrogen) atoms. The molecule has 0 spiro atoms. The maximum Gasteiger partial charge on any atom is -0.00189 e. The van der Waals surface area contributed by atoms with Gasteiger partial charge in [0.05, 0.1) is 0 Å². The van der Waals surface area contributed by atoms with Crippen molar-refractivity contribution in [2.45, 2.75) is 213 Å². The summed E-state index contributed by atoms with van der Waals surface area (Å²) in [5.41, 5.74) is 0. The molecule has 0 heterocycles. The first kappa shape index (κ1) is 37.0. The van der Waals surface area contributed by atoms with Crippen LogP contribution in [0.25, 0.3) is 0 Å². The number of nitrogens with zero attached hydrogens (tertiary/aromatic N) is 1. The molecule has 0 aromatic carbocycles. The second-order valence-electron chi connectivity index (χ2n) is 12.3. The van der Waals surface area contributed by atoms with Crippen LogP contribution in [-0.2, 0) is 0 Å². The van der Waals surface area contributed by atoms with E-state index in [2.05, 4.69) is 25.7 Å². The third-order valence-electron chi connectivity index (χ3n) is 8.60. The molecule has 0 bridgehead atoms. The highest BCUT2D eigenvalue weighted by atomic mass is 15.1. The summed E-state index contributed by atoms with van der Waals surface area (Å²) in [4.78, 5) is 2.71. The molecule has 224 valence electrons. The summed E-state index contributed by atoms with van der Waals surface area (Å²) in [7, 11) is 0. The standard InChI is InChI=1S/C36H75N/c1-4-7-9-11-13-15-17-19-20-21-22-23-24-26-28-30-32-34-36-37(6-3)35-33-31-29-27-25-18-16-14-12-10-8-5-2/h4-36H2,1-3H3. The van der Waals surface area contributed by atoms with E-state index in [1.807, 2.05) is 0 Å². The molecule has 0 rings (SSSR count). The van der Waals surface area contributed by atoms with E-state index in [0.717, 1.165) is 0 Å². The molecule has 0 fully saturated rings. The van der Waals surface area contributed by atoms with E-state index in [9.17, 15) is 0 Å². The zero-order chi connectivity index (χ0) is 26.9. The van der Waals surface area contributed by atoms with Crippen molar-refractivity contribution >= 4 is 0 Å². The Labute approximate surface area is 237 Å². The summed E-state index contributed by atoms with van der Waals surface area (Å²) in [6, 6.07) is 0. The molecule has 0 saturated heterocycles. The molecule has 0 aromatic rings. The number of hydrogen-bond donors (Lipinski definition) is 0. The van der Waals surface area contributed by atoms with Gasteiger partial charge in [0.2, 0.25) is 0 Å². The molecule has 0 aliphatic carbocycles. The normalized spacial score (nSPS) is 11.7. The van der Waals surface area contributed by atoms with Crippen molar-refractivity contribution < 1.29 is 0 Å². The van der Waals surface area contributed by atoms with Gasteiger partial charge in [0.1, 0.15) is 0 Å². The Morgan fingerprint density at radius 1 is 0.243 bits per heavy atom. The Morgan fingerprint density at radius 3 is 0.622 bits per heavy atom. The Balaban J connectivity index is 3.24. The lowest BCUT2D eigenvalue weighted by atomic mass is 10.0. The molecule has 0 N–H and O–H groups in total. The summed E-state index contributed by atoms with van der Waals surface area (Å²) in [5, 5.41) is 0. The lowest BCUT2D eigenvalue weighted by Gasteiger charge is -2.20. The van der Waals surface area contributed by atoms with Crippen LogP contribution in [0.4, 0.5) is 0 Å². The van der Waals surface area contributed by atoms with Gasteiger partial charge in [0.15, 0.2) is 0 Å². The van der Waals surface area contributed by atoms with Crippen LogP contribution in [0, 0.1) is 0 Å². The van der Waals surface area contributed by atoms with Crippen LogP contribution in [0.15, 0.2) is 0 Å². The largest absolute Gasteiger partial charge is 0.304 e. The van der Waals surface area contributed by atoms with Crippen LogP contribution >= 0.6 is 0 Å². The topological polar surface area (TPSA) is 3.24 Å². The van der Waals surface area contributed by atoms with Crippen molar-refractivity contribution in [3.05, 3.63) is 0 Å². The molecule has 0 saturated carbocycles. The minimum Gasteiger partial charge on any atom is -0.304 e. The average molecular weight is 522 g/mol. The molecular weight excluding hydrogens is 446 g/mol. The molecule has 0 aliphatic rings. The predicted molar refractivity (Wildman–Crippen MR) is 172 cm³/mol. The van der Waals surface area contributed by atoms with Gasteiger partial charge in [0, 0.05) is 0 Å². The first-order valence-electron chi connectivity index (χ1n) is 18.1. The van der Waals surface area contributed by atoms with Gasteiger partial charge in [0.25, 0.3) is 0 Å². The minimum atomic E-state index is 1.25. The fourth-order valence-electron chi connectivity index (χ4n) is 5.84. The molecule has 0 radical (unpaired) electrons. The zero-order valence-corrected chi connectivity index (χ0v) is 26.8. The average Bonchev–Trinajstić information content (AvgIpc) is 2.91. The van der Waals surface area contributed by atoms with E-state index in [-0.39, 0.29) is 0 Å². The first-order valence-corrected chi connectivity index (χ1v) is 18.1. The lowest BCUT2D eigenvalue weighted by Crippen LogP contribution is -2.25. The van der Waals surface area contributed by atoms with Crippen molar-refractivity contribution in [3.63, 3.8) is 0 Å². The second-order valence-corrected chi connectivity index (χ2v) is 12.3. The van der Waals surface area contributed by atoms with Gasteiger partial charge in [-0.2, -0.15) is 0 Å². The van der Waals surface area contributed by atoms with E-state index in [0.29, 0.717) is 0 Å². The molecule has 0 unspecified atom stereocenters. The highest BCUT2D eigenvalue weighted by Crippen LogP contribution is 2.15. The third-order valence-corrected chi connectivity index (χ3v) is 8.60. The van der Waals surface area contributed by atoms with Crippen LogP contribution in [-0.4, -0.2) is 24.5 Å². The lowest BCUT2D eigenvalue weighted by molar-refractivity contribution is 0.273. The van der Waals surface area contributed by atoms with Crippen molar-refractivity contribution in [1.29, 1.82) is 0 Å². The van der Waals surface area contributed by atoms with E-state index < -0.39 is 0 Å². The summed E-state index contributed by atoms with van der Waals surface area (Å²) >= 11 is 0. The molecule has 0 aliphatic heterocycles. The molecule has 1 heteroatoms. The molecular formula is C36H75N. The highest BCUT2D eigenvalue weighted by Gasteiger charge is 2.02. The fraction of sp³-hybridized carbons (Fsp3) is 1.00. The van der Waals surface area contributed by atoms with E-state index >= 15 is 0 Å². The molecule has 1 nitrogen and oxygen atoms in total. The van der Waals surface area contributed by atoms with Crippen LogP contribution in [0.5, 0.6) is 0 Å². The van der Waals surface area contributed by atoms with Crippen molar-refractivity contribution in [2.24, 2.45) is 0 Å². The smallest absolute Gasteiger partial charge is 0.00189 e.